The van der Waals surface area contributed by atoms with Gasteiger partial charge in [-0.2, -0.15) is 0 Å². The standard InChI is InChI=1S/C26H24FN3O4.ClH/c27-22-9-6-18-11-21(22)26(32)30-23-13-28-14-24(23)34-19-7-4-16(5-8-19)12-29-25(31)15-33-20-3-1-2-17(18)10-20;/h1-11,23-24,28H,12-15H2,(H,29,31)(H,30,32);1H/t23-,24-;/m0./s1. The van der Waals surface area contributed by atoms with Gasteiger partial charge in [0.25, 0.3) is 11.8 Å². The van der Waals surface area contributed by atoms with Crippen molar-refractivity contribution in [1.82, 2.24) is 16.0 Å². The molecule has 3 aliphatic heterocycles. The van der Waals surface area contributed by atoms with Gasteiger partial charge in [0.2, 0.25) is 0 Å². The van der Waals surface area contributed by atoms with Gasteiger partial charge in [-0.15, -0.1) is 12.4 Å². The van der Waals surface area contributed by atoms with Crippen molar-refractivity contribution in [3.8, 4) is 22.6 Å². The van der Waals surface area contributed by atoms with Crippen molar-refractivity contribution in [3.05, 3.63) is 83.7 Å². The third kappa shape index (κ3) is 5.72. The number of carbonyl (C=O) groups excluding carboxylic acids is 2. The van der Waals surface area contributed by atoms with E-state index in [4.69, 9.17) is 9.47 Å². The maximum absolute atomic E-state index is 14.6. The third-order valence-corrected chi connectivity index (χ3v) is 5.92. The van der Waals surface area contributed by atoms with E-state index in [0.717, 1.165) is 11.1 Å². The van der Waals surface area contributed by atoms with Crippen LogP contribution in [0.2, 0.25) is 0 Å². The molecule has 6 bridgehead atoms. The van der Waals surface area contributed by atoms with E-state index in [0.29, 0.717) is 36.7 Å². The summed E-state index contributed by atoms with van der Waals surface area (Å²) in [5.41, 5.74) is 2.27. The van der Waals surface area contributed by atoms with E-state index in [9.17, 15) is 14.0 Å². The molecule has 0 spiro atoms. The number of ether oxygens (including phenoxy) is 2. The van der Waals surface area contributed by atoms with Gasteiger partial charge in [0.05, 0.1) is 11.6 Å². The minimum atomic E-state index is -0.605. The average Bonchev–Trinajstić information content (AvgIpc) is 3.28. The molecule has 7 nitrogen and oxygen atoms in total. The molecule has 9 heteroatoms. The maximum Gasteiger partial charge on any atom is 0.258 e. The van der Waals surface area contributed by atoms with Gasteiger partial charge in [-0.3, -0.25) is 9.59 Å². The number of carbonyl (C=O) groups is 2. The minimum absolute atomic E-state index is 0. The average molecular weight is 498 g/mol. The molecule has 3 heterocycles. The summed E-state index contributed by atoms with van der Waals surface area (Å²) < 4.78 is 26.3. The highest BCUT2D eigenvalue weighted by Gasteiger charge is 2.31. The Balaban J connectivity index is 0.00000289. The summed E-state index contributed by atoms with van der Waals surface area (Å²) >= 11 is 0. The fourth-order valence-corrected chi connectivity index (χ4v) is 4.07. The second-order valence-electron chi connectivity index (χ2n) is 8.33. The van der Waals surface area contributed by atoms with E-state index < -0.39 is 11.7 Å². The number of nitrogens with one attached hydrogen (secondary N) is 3. The topological polar surface area (TPSA) is 88.7 Å². The first-order chi connectivity index (χ1) is 16.5. The van der Waals surface area contributed by atoms with Crippen LogP contribution < -0.4 is 25.4 Å². The van der Waals surface area contributed by atoms with Crippen molar-refractivity contribution < 1.29 is 23.5 Å². The summed E-state index contributed by atoms with van der Waals surface area (Å²) in [6.45, 7) is 1.29. The van der Waals surface area contributed by atoms with Gasteiger partial charge in [-0.25, -0.2) is 4.39 Å². The molecule has 3 aromatic rings. The predicted octanol–water partition coefficient (Wildman–Crippen LogP) is 3.07. The van der Waals surface area contributed by atoms with Crippen LogP contribution in [0.1, 0.15) is 15.9 Å². The highest BCUT2D eigenvalue weighted by atomic mass is 35.5. The maximum atomic E-state index is 14.6. The monoisotopic (exact) mass is 497 g/mol. The Morgan fingerprint density at radius 3 is 2.51 bits per heavy atom. The summed E-state index contributed by atoms with van der Waals surface area (Å²) in [6.07, 6.45) is -0.305. The van der Waals surface area contributed by atoms with Crippen molar-refractivity contribution in [2.75, 3.05) is 19.7 Å². The molecule has 182 valence electrons. The van der Waals surface area contributed by atoms with Crippen molar-refractivity contribution in [2.24, 2.45) is 0 Å². The van der Waals surface area contributed by atoms with Gasteiger partial charge in [0.1, 0.15) is 23.4 Å². The van der Waals surface area contributed by atoms with Crippen LogP contribution in [0.3, 0.4) is 0 Å². The predicted molar refractivity (Wildman–Crippen MR) is 131 cm³/mol. The van der Waals surface area contributed by atoms with E-state index in [-0.39, 0.29) is 42.6 Å². The van der Waals surface area contributed by atoms with Crippen LogP contribution in [-0.2, 0) is 11.3 Å². The van der Waals surface area contributed by atoms with Crippen molar-refractivity contribution in [3.63, 3.8) is 0 Å². The van der Waals surface area contributed by atoms with Crippen LogP contribution >= 0.6 is 12.4 Å². The highest BCUT2D eigenvalue weighted by Crippen LogP contribution is 2.26. The summed E-state index contributed by atoms with van der Waals surface area (Å²) in [6, 6.07) is 18.6. The lowest BCUT2D eigenvalue weighted by Gasteiger charge is -2.22. The second-order valence-corrected chi connectivity index (χ2v) is 8.33. The zero-order valence-corrected chi connectivity index (χ0v) is 19.6. The smallest absolute Gasteiger partial charge is 0.258 e. The summed E-state index contributed by atoms with van der Waals surface area (Å²) in [5.74, 6) is -0.214. The minimum Gasteiger partial charge on any atom is -0.487 e. The number of rotatable bonds is 0. The number of hydrogen-bond donors (Lipinski definition) is 3. The largest absolute Gasteiger partial charge is 0.487 e. The van der Waals surface area contributed by atoms with E-state index >= 15 is 0 Å². The Kier molecular flexibility index (Phi) is 7.53. The Morgan fingerprint density at radius 1 is 0.886 bits per heavy atom. The van der Waals surface area contributed by atoms with Gasteiger partial charge in [-0.05, 0) is 53.1 Å². The van der Waals surface area contributed by atoms with Crippen LogP contribution in [0.25, 0.3) is 11.1 Å². The summed E-state index contributed by atoms with van der Waals surface area (Å²) in [5, 5.41) is 8.97. The fraction of sp³-hybridized carbons (Fsp3) is 0.231. The van der Waals surface area contributed by atoms with Crippen molar-refractivity contribution >= 4 is 24.2 Å². The first-order valence-corrected chi connectivity index (χ1v) is 11.1. The number of halogens is 2. The molecule has 0 radical (unpaired) electrons. The molecule has 0 aromatic heterocycles. The SMILES string of the molecule is Cl.O=C1COc2cccc(c2)-c2ccc(F)c(c2)C(=O)N[C@H]2CNC[C@@H]2Oc2ccc(cc2)CN1. The molecule has 3 N–H and O–H groups in total. The zero-order chi connectivity index (χ0) is 23.5. The molecule has 2 amide bonds. The van der Waals surface area contributed by atoms with Gasteiger partial charge in [0.15, 0.2) is 6.61 Å². The lowest BCUT2D eigenvalue weighted by molar-refractivity contribution is -0.123. The van der Waals surface area contributed by atoms with Crippen LogP contribution in [0.4, 0.5) is 4.39 Å². The van der Waals surface area contributed by atoms with Crippen LogP contribution in [0, 0.1) is 5.82 Å². The Bertz CT molecular complexity index is 1220. The summed E-state index contributed by atoms with van der Waals surface area (Å²) in [4.78, 5) is 25.2. The Morgan fingerprint density at radius 2 is 1.69 bits per heavy atom. The first kappa shape index (κ1) is 24.5. The Labute approximate surface area is 208 Å². The number of hydrogen-bond acceptors (Lipinski definition) is 5. The molecule has 3 aliphatic rings. The van der Waals surface area contributed by atoms with Crippen LogP contribution in [0.15, 0.2) is 66.7 Å². The molecule has 0 saturated carbocycles. The molecular formula is C26H25ClFN3O4. The van der Waals surface area contributed by atoms with Crippen LogP contribution in [-0.4, -0.2) is 43.7 Å². The lowest BCUT2D eigenvalue weighted by Crippen LogP contribution is -2.45. The van der Waals surface area contributed by atoms with E-state index in [1.807, 2.05) is 30.3 Å². The summed E-state index contributed by atoms with van der Waals surface area (Å²) in [7, 11) is 0. The van der Waals surface area contributed by atoms with Gasteiger partial charge in [-0.1, -0.05) is 30.3 Å². The molecular weight excluding hydrogens is 473 g/mol. The molecule has 35 heavy (non-hydrogen) atoms. The van der Waals surface area contributed by atoms with E-state index in [1.54, 1.807) is 24.3 Å². The normalized spacial score (nSPS) is 19.8. The van der Waals surface area contributed by atoms with Gasteiger partial charge in [0, 0.05) is 19.6 Å². The number of fused-ring (bicyclic) bond motifs is 7. The number of benzene rings is 3. The van der Waals surface area contributed by atoms with Crippen molar-refractivity contribution in [1.29, 1.82) is 0 Å². The van der Waals surface area contributed by atoms with E-state index in [1.165, 1.54) is 12.1 Å². The Hall–Kier alpha value is -3.62. The quantitative estimate of drug-likeness (QED) is 0.444. The fourth-order valence-electron chi connectivity index (χ4n) is 4.07. The molecule has 0 unspecified atom stereocenters. The molecule has 2 atom stereocenters. The van der Waals surface area contributed by atoms with Crippen LogP contribution in [0.5, 0.6) is 11.5 Å². The molecule has 3 aromatic carbocycles. The van der Waals surface area contributed by atoms with E-state index in [2.05, 4.69) is 16.0 Å². The molecule has 6 rings (SSSR count). The third-order valence-electron chi connectivity index (χ3n) is 5.92. The van der Waals surface area contributed by atoms with Crippen molar-refractivity contribution in [2.45, 2.75) is 18.7 Å². The first-order valence-electron chi connectivity index (χ1n) is 11.1. The molecule has 1 fully saturated rings. The van der Waals surface area contributed by atoms with Gasteiger partial charge >= 0.3 is 0 Å². The molecule has 1 saturated heterocycles. The number of amides is 2. The second kappa shape index (κ2) is 10.8. The zero-order valence-electron chi connectivity index (χ0n) is 18.8. The molecule has 0 aliphatic carbocycles. The highest BCUT2D eigenvalue weighted by molar-refractivity contribution is 5.96. The lowest BCUT2D eigenvalue weighted by atomic mass is 10.0. The van der Waals surface area contributed by atoms with Gasteiger partial charge < -0.3 is 25.4 Å².